The third kappa shape index (κ3) is 2.58. The molecule has 0 atom stereocenters. The fourth-order valence-corrected chi connectivity index (χ4v) is 7.59. The average Bonchev–Trinajstić information content (AvgIpc) is 3.08. The van der Waals surface area contributed by atoms with Crippen molar-refractivity contribution in [2.75, 3.05) is 7.05 Å². The van der Waals surface area contributed by atoms with Gasteiger partial charge in [-0.2, -0.15) is 8.78 Å². The van der Waals surface area contributed by atoms with Crippen molar-refractivity contribution in [1.82, 2.24) is 0 Å². The van der Waals surface area contributed by atoms with E-state index in [9.17, 15) is 0 Å². The predicted octanol–water partition coefficient (Wildman–Crippen LogP) is 6.81. The van der Waals surface area contributed by atoms with Gasteiger partial charge in [0.1, 0.15) is 17.3 Å². The topological polar surface area (TPSA) is 12.4 Å². The number of hydrogen-bond donors (Lipinski definition) is 0. The van der Waals surface area contributed by atoms with Crippen LogP contribution in [0.5, 0.6) is 0 Å². The van der Waals surface area contributed by atoms with Crippen molar-refractivity contribution in [3.05, 3.63) is 58.7 Å². The molecule has 0 radical (unpaired) electrons. The molecule has 0 N–H and O–H groups in total. The van der Waals surface area contributed by atoms with Crippen molar-refractivity contribution in [3.8, 4) is 11.1 Å². The minimum atomic E-state index is -3.37. The van der Waals surface area contributed by atoms with E-state index in [1.165, 1.54) is 13.1 Å². The van der Waals surface area contributed by atoms with Gasteiger partial charge in [0.15, 0.2) is 0 Å². The van der Waals surface area contributed by atoms with Gasteiger partial charge in [-0.25, -0.2) is 8.78 Å². The monoisotopic (exact) mass is 427 g/mol. The molecule has 0 aromatic heterocycles. The van der Waals surface area contributed by atoms with E-state index in [2.05, 4.69) is 4.99 Å². The molecule has 5 aliphatic rings. The Bertz CT molecular complexity index is 1080. The largest absolute Gasteiger partial charge is 0.295 e. The highest BCUT2D eigenvalue weighted by atomic mass is 19.3. The number of benzene rings is 2. The lowest BCUT2D eigenvalue weighted by Gasteiger charge is -2.59. The highest BCUT2D eigenvalue weighted by molar-refractivity contribution is 6.07. The zero-order valence-corrected chi connectivity index (χ0v) is 17.5. The Balaban J connectivity index is 1.49. The second kappa shape index (κ2) is 6.43. The zero-order valence-electron chi connectivity index (χ0n) is 17.5. The van der Waals surface area contributed by atoms with Crippen molar-refractivity contribution < 1.29 is 17.6 Å². The summed E-state index contributed by atoms with van der Waals surface area (Å²) < 4.78 is 63.5. The molecule has 0 unspecified atom stereocenters. The van der Waals surface area contributed by atoms with Gasteiger partial charge in [0.2, 0.25) is 0 Å². The smallest absolute Gasteiger partial charge is 0.286 e. The Hall–Kier alpha value is -2.17. The van der Waals surface area contributed by atoms with E-state index in [0.717, 1.165) is 24.8 Å². The fraction of sp³-hybridized carbons (Fsp3) is 0.500. The Morgan fingerprint density at radius 3 is 2.19 bits per heavy atom. The third-order valence-electron chi connectivity index (χ3n) is 8.43. The second-order valence-electron chi connectivity index (χ2n) is 10.3. The lowest BCUT2D eigenvalue weighted by molar-refractivity contribution is -0.166. The quantitative estimate of drug-likeness (QED) is 0.322. The molecule has 162 valence electrons. The molecule has 4 saturated carbocycles. The summed E-state index contributed by atoms with van der Waals surface area (Å²) in [5, 5.41) is 0. The van der Waals surface area contributed by atoms with Crippen molar-refractivity contribution in [3.63, 3.8) is 0 Å². The van der Waals surface area contributed by atoms with Gasteiger partial charge < -0.3 is 0 Å². The van der Waals surface area contributed by atoms with Crippen LogP contribution in [0.2, 0.25) is 0 Å². The molecule has 4 bridgehead atoms. The minimum absolute atomic E-state index is 0.245. The van der Waals surface area contributed by atoms with Gasteiger partial charge >= 0.3 is 0 Å². The van der Waals surface area contributed by atoms with Gasteiger partial charge in [-0.3, -0.25) is 4.99 Å². The van der Waals surface area contributed by atoms with Crippen LogP contribution in [-0.2, 0) is 6.42 Å². The number of hydrogen-bond acceptors (Lipinski definition) is 1. The first kappa shape index (κ1) is 19.5. The highest BCUT2D eigenvalue weighted by Crippen LogP contribution is 2.65. The van der Waals surface area contributed by atoms with Crippen LogP contribution >= 0.6 is 0 Å². The number of alkyl halides is 2. The SMILES string of the molecule is CN=C(c1c(F)cc2c(c1F)-c1ccccc1C2)C(F)(F)C12CC3CC(CC(C3)C1)C2. The number of halogens is 4. The summed E-state index contributed by atoms with van der Waals surface area (Å²) in [5.74, 6) is -4.30. The fourth-order valence-electron chi connectivity index (χ4n) is 7.59. The van der Waals surface area contributed by atoms with Crippen LogP contribution in [0, 0.1) is 34.8 Å². The lowest BCUT2D eigenvalue weighted by Crippen LogP contribution is -2.58. The van der Waals surface area contributed by atoms with Crippen molar-refractivity contribution in [2.45, 2.75) is 50.9 Å². The summed E-state index contributed by atoms with van der Waals surface area (Å²) in [6.07, 6.45) is 4.76. The molecular weight excluding hydrogens is 402 g/mol. The van der Waals surface area contributed by atoms with E-state index in [1.807, 2.05) is 12.1 Å². The van der Waals surface area contributed by atoms with E-state index < -0.39 is 34.2 Å². The van der Waals surface area contributed by atoms with Crippen LogP contribution in [-0.4, -0.2) is 18.7 Å². The van der Waals surface area contributed by atoms with E-state index >= 15 is 17.6 Å². The Kier molecular flexibility index (Phi) is 4.05. The van der Waals surface area contributed by atoms with Gasteiger partial charge in [0.05, 0.1) is 5.56 Å². The second-order valence-corrected chi connectivity index (χ2v) is 10.3. The molecule has 0 aliphatic heterocycles. The molecule has 1 nitrogen and oxygen atoms in total. The first-order valence-corrected chi connectivity index (χ1v) is 11.3. The lowest BCUT2D eigenvalue weighted by atomic mass is 9.47. The maximum Gasteiger partial charge on any atom is 0.295 e. The number of nitrogens with zero attached hydrogens (tertiary/aromatic N) is 1. The molecule has 5 aliphatic carbocycles. The molecule has 0 amide bonds. The van der Waals surface area contributed by atoms with Gasteiger partial charge in [-0.1, -0.05) is 24.3 Å². The van der Waals surface area contributed by atoms with Crippen LogP contribution in [0.25, 0.3) is 11.1 Å². The Labute approximate surface area is 179 Å². The molecule has 5 heteroatoms. The molecule has 4 fully saturated rings. The van der Waals surface area contributed by atoms with E-state index in [1.54, 1.807) is 12.1 Å². The summed E-state index contributed by atoms with van der Waals surface area (Å²) in [4.78, 5) is 3.88. The highest BCUT2D eigenvalue weighted by Gasteiger charge is 2.64. The molecule has 2 aromatic carbocycles. The van der Waals surface area contributed by atoms with Gasteiger partial charge in [-0.15, -0.1) is 0 Å². The summed E-state index contributed by atoms with van der Waals surface area (Å²) in [5.41, 5.74) is -0.286. The van der Waals surface area contributed by atoms with E-state index in [0.29, 0.717) is 54.6 Å². The minimum Gasteiger partial charge on any atom is -0.286 e. The number of aliphatic imine (C=N–C) groups is 1. The van der Waals surface area contributed by atoms with E-state index in [-0.39, 0.29) is 5.56 Å². The van der Waals surface area contributed by atoms with E-state index in [4.69, 9.17) is 0 Å². The summed E-state index contributed by atoms with van der Waals surface area (Å²) in [6, 6.07) is 8.50. The van der Waals surface area contributed by atoms with Crippen molar-refractivity contribution in [1.29, 1.82) is 0 Å². The van der Waals surface area contributed by atoms with Gasteiger partial charge in [-0.05, 0) is 85.5 Å². The third-order valence-corrected chi connectivity index (χ3v) is 8.43. The first-order valence-electron chi connectivity index (χ1n) is 11.3. The molecule has 7 rings (SSSR count). The predicted molar refractivity (Wildman–Crippen MR) is 113 cm³/mol. The maximum atomic E-state index is 16.3. The van der Waals surface area contributed by atoms with Gasteiger partial charge in [0.25, 0.3) is 5.92 Å². The van der Waals surface area contributed by atoms with Crippen LogP contribution in [0.1, 0.15) is 55.2 Å². The molecule has 0 spiro atoms. The van der Waals surface area contributed by atoms with Crippen molar-refractivity contribution >= 4 is 5.71 Å². The zero-order chi connectivity index (χ0) is 21.5. The first-order chi connectivity index (χ1) is 14.8. The molecule has 0 heterocycles. The van der Waals surface area contributed by atoms with Crippen LogP contribution < -0.4 is 0 Å². The van der Waals surface area contributed by atoms with Crippen LogP contribution in [0.3, 0.4) is 0 Å². The van der Waals surface area contributed by atoms with Gasteiger partial charge in [0, 0.05) is 18.0 Å². The van der Waals surface area contributed by atoms with Crippen molar-refractivity contribution in [2.24, 2.45) is 28.2 Å². The van der Waals surface area contributed by atoms with Crippen LogP contribution in [0.4, 0.5) is 17.6 Å². The van der Waals surface area contributed by atoms with Crippen LogP contribution in [0.15, 0.2) is 35.3 Å². The summed E-state index contributed by atoms with van der Waals surface area (Å²) >= 11 is 0. The number of rotatable bonds is 3. The summed E-state index contributed by atoms with van der Waals surface area (Å²) in [6.45, 7) is 0. The normalized spacial score (nSPS) is 31.1. The standard InChI is InChI=1S/C26H25F4N/c1-31-24(26(29,30)25-11-14-6-15(12-25)8-16(7-14)13-25)22-20(27)10-18-9-17-4-2-3-5-19(17)21(18)23(22)28/h2-5,10,14-16H,6-9,11-13H2,1H3. The summed E-state index contributed by atoms with van der Waals surface area (Å²) in [7, 11) is 1.24. The number of fused-ring (bicyclic) bond motifs is 3. The molecular formula is C26H25F4N. The molecule has 0 saturated heterocycles. The maximum absolute atomic E-state index is 16.3. The average molecular weight is 427 g/mol. The molecule has 2 aromatic rings. The Morgan fingerprint density at radius 1 is 0.968 bits per heavy atom. The Morgan fingerprint density at radius 2 is 1.58 bits per heavy atom. The molecule has 31 heavy (non-hydrogen) atoms.